The van der Waals surface area contributed by atoms with Gasteiger partial charge in [0.15, 0.2) is 0 Å². The largest absolute Gasteiger partial charge is 0.497 e. The number of ether oxygens (including phenoxy) is 1. The SMILES string of the molecule is COc1cccc(/C=N\NC(=O)CN(Cc2ccc(F)cc2)S(=O)(=O)c2ccc(Cl)cc2)c1. The van der Waals surface area contributed by atoms with Gasteiger partial charge in [-0.25, -0.2) is 18.2 Å². The third-order valence-electron chi connectivity index (χ3n) is 4.54. The Morgan fingerprint density at radius 2 is 1.82 bits per heavy atom. The van der Waals surface area contributed by atoms with Crippen molar-refractivity contribution in [2.75, 3.05) is 13.7 Å². The summed E-state index contributed by atoms with van der Waals surface area (Å²) in [7, 11) is -2.52. The molecular formula is C23H21ClFN3O4S. The molecule has 0 aromatic heterocycles. The van der Waals surface area contributed by atoms with Crippen LogP contribution in [-0.2, 0) is 21.4 Å². The van der Waals surface area contributed by atoms with E-state index in [0.29, 0.717) is 21.9 Å². The Morgan fingerprint density at radius 3 is 2.48 bits per heavy atom. The van der Waals surface area contributed by atoms with E-state index in [0.717, 1.165) is 4.31 Å². The van der Waals surface area contributed by atoms with Crippen molar-refractivity contribution in [2.45, 2.75) is 11.4 Å². The average molecular weight is 490 g/mol. The van der Waals surface area contributed by atoms with Crippen molar-refractivity contribution in [3.05, 3.63) is 94.8 Å². The topological polar surface area (TPSA) is 88.1 Å². The molecule has 3 aromatic carbocycles. The molecule has 0 aliphatic rings. The highest BCUT2D eigenvalue weighted by Crippen LogP contribution is 2.20. The van der Waals surface area contributed by atoms with Gasteiger partial charge < -0.3 is 4.74 Å². The Hall–Kier alpha value is -3.27. The maximum atomic E-state index is 13.3. The fourth-order valence-corrected chi connectivity index (χ4v) is 4.38. The minimum atomic E-state index is -4.06. The maximum Gasteiger partial charge on any atom is 0.255 e. The number of carbonyl (C=O) groups is 1. The number of benzene rings is 3. The molecule has 7 nitrogen and oxygen atoms in total. The molecule has 1 amide bonds. The zero-order valence-corrected chi connectivity index (χ0v) is 19.2. The number of sulfonamides is 1. The van der Waals surface area contributed by atoms with E-state index in [4.69, 9.17) is 16.3 Å². The molecule has 33 heavy (non-hydrogen) atoms. The summed E-state index contributed by atoms with van der Waals surface area (Å²) in [6.07, 6.45) is 1.42. The van der Waals surface area contributed by atoms with Gasteiger partial charge in [-0.1, -0.05) is 35.9 Å². The Morgan fingerprint density at radius 1 is 1.12 bits per heavy atom. The van der Waals surface area contributed by atoms with Gasteiger partial charge in [0.25, 0.3) is 5.91 Å². The molecule has 0 spiro atoms. The zero-order valence-electron chi connectivity index (χ0n) is 17.6. The third kappa shape index (κ3) is 6.85. The molecule has 0 bridgehead atoms. The number of nitrogens with zero attached hydrogens (tertiary/aromatic N) is 2. The second kappa shape index (κ2) is 11.0. The lowest BCUT2D eigenvalue weighted by Gasteiger charge is -2.21. The molecule has 0 unspecified atom stereocenters. The van der Waals surface area contributed by atoms with Gasteiger partial charge in [0.2, 0.25) is 10.0 Å². The molecule has 10 heteroatoms. The number of halogens is 2. The number of hydrogen-bond donors (Lipinski definition) is 1. The van der Waals surface area contributed by atoms with Crippen molar-refractivity contribution in [3.63, 3.8) is 0 Å². The van der Waals surface area contributed by atoms with E-state index in [-0.39, 0.29) is 11.4 Å². The first kappa shape index (κ1) is 24.4. The van der Waals surface area contributed by atoms with Crippen molar-refractivity contribution >= 4 is 33.7 Å². The number of hydrogen-bond acceptors (Lipinski definition) is 5. The summed E-state index contributed by atoms with van der Waals surface area (Å²) >= 11 is 5.87. The molecule has 0 saturated heterocycles. The van der Waals surface area contributed by atoms with Crippen molar-refractivity contribution in [1.82, 2.24) is 9.73 Å². The fraction of sp³-hybridized carbons (Fsp3) is 0.130. The van der Waals surface area contributed by atoms with Crippen LogP contribution >= 0.6 is 11.6 Å². The number of methoxy groups -OCH3 is 1. The third-order valence-corrected chi connectivity index (χ3v) is 6.60. The first-order chi connectivity index (χ1) is 15.8. The highest BCUT2D eigenvalue weighted by atomic mass is 35.5. The number of amides is 1. The summed E-state index contributed by atoms with van der Waals surface area (Å²) in [6.45, 7) is -0.643. The van der Waals surface area contributed by atoms with Crippen LogP contribution in [0.5, 0.6) is 5.75 Å². The van der Waals surface area contributed by atoms with Gasteiger partial charge in [0, 0.05) is 11.6 Å². The number of carbonyl (C=O) groups excluding carboxylic acids is 1. The van der Waals surface area contributed by atoms with E-state index in [9.17, 15) is 17.6 Å². The molecule has 0 fully saturated rings. The molecule has 0 aliphatic heterocycles. The highest BCUT2D eigenvalue weighted by molar-refractivity contribution is 7.89. The fourth-order valence-electron chi connectivity index (χ4n) is 2.87. The minimum absolute atomic E-state index is 0.0262. The van der Waals surface area contributed by atoms with Crippen molar-refractivity contribution in [1.29, 1.82) is 0 Å². The van der Waals surface area contributed by atoms with Crippen molar-refractivity contribution in [2.24, 2.45) is 5.10 Å². The molecule has 172 valence electrons. The van der Waals surface area contributed by atoms with Gasteiger partial charge in [-0.15, -0.1) is 0 Å². The minimum Gasteiger partial charge on any atom is -0.497 e. The smallest absolute Gasteiger partial charge is 0.255 e. The quantitative estimate of drug-likeness (QED) is 0.365. The van der Waals surface area contributed by atoms with Gasteiger partial charge in [-0.2, -0.15) is 9.41 Å². The lowest BCUT2D eigenvalue weighted by Crippen LogP contribution is -2.39. The predicted octanol–water partition coefficient (Wildman–Crippen LogP) is 3.83. The summed E-state index contributed by atoms with van der Waals surface area (Å²) in [5, 5.41) is 4.26. The maximum absolute atomic E-state index is 13.3. The van der Waals surface area contributed by atoms with Crippen molar-refractivity contribution < 1.29 is 22.3 Å². The second-order valence-corrected chi connectivity index (χ2v) is 9.30. The monoisotopic (exact) mass is 489 g/mol. The molecule has 3 aromatic rings. The van der Waals surface area contributed by atoms with Gasteiger partial charge >= 0.3 is 0 Å². The number of nitrogens with one attached hydrogen (secondary N) is 1. The van der Waals surface area contributed by atoms with E-state index >= 15 is 0 Å². The Balaban J connectivity index is 1.78. The Kier molecular flexibility index (Phi) is 8.16. The summed E-state index contributed by atoms with van der Waals surface area (Å²) in [4.78, 5) is 12.5. The van der Waals surface area contributed by atoms with Crippen LogP contribution in [0.3, 0.4) is 0 Å². The molecule has 1 N–H and O–H groups in total. The lowest BCUT2D eigenvalue weighted by molar-refractivity contribution is -0.121. The predicted molar refractivity (Wildman–Crippen MR) is 124 cm³/mol. The molecule has 0 radical (unpaired) electrons. The molecule has 3 rings (SSSR count). The summed E-state index contributed by atoms with van der Waals surface area (Å²) < 4.78 is 45.8. The van der Waals surface area contributed by atoms with E-state index in [1.54, 1.807) is 24.3 Å². The van der Waals surface area contributed by atoms with Crippen LogP contribution in [-0.4, -0.2) is 38.5 Å². The molecule has 0 atom stereocenters. The van der Waals surface area contributed by atoms with Crippen LogP contribution in [0, 0.1) is 5.82 Å². The van der Waals surface area contributed by atoms with E-state index < -0.39 is 28.3 Å². The summed E-state index contributed by atoms with van der Waals surface area (Å²) in [5.41, 5.74) is 3.53. The molecule has 0 aliphatic carbocycles. The Bertz CT molecular complexity index is 1230. The molecule has 0 heterocycles. The average Bonchev–Trinajstić information content (AvgIpc) is 2.80. The van der Waals surface area contributed by atoms with Crippen LogP contribution in [0.2, 0.25) is 5.02 Å². The highest BCUT2D eigenvalue weighted by Gasteiger charge is 2.27. The lowest BCUT2D eigenvalue weighted by atomic mass is 10.2. The van der Waals surface area contributed by atoms with Crippen LogP contribution in [0.15, 0.2) is 82.8 Å². The van der Waals surface area contributed by atoms with Crippen LogP contribution < -0.4 is 10.2 Å². The zero-order chi connectivity index (χ0) is 23.8. The van der Waals surface area contributed by atoms with E-state index in [2.05, 4.69) is 10.5 Å². The van der Waals surface area contributed by atoms with Crippen LogP contribution in [0.25, 0.3) is 0 Å². The van der Waals surface area contributed by atoms with Crippen molar-refractivity contribution in [3.8, 4) is 5.75 Å². The van der Waals surface area contributed by atoms with Crippen LogP contribution in [0.4, 0.5) is 4.39 Å². The van der Waals surface area contributed by atoms with E-state index in [1.807, 2.05) is 0 Å². The van der Waals surface area contributed by atoms with Gasteiger partial charge in [0.1, 0.15) is 11.6 Å². The normalized spacial score (nSPS) is 11.6. The second-order valence-electron chi connectivity index (χ2n) is 6.92. The molecular weight excluding hydrogens is 469 g/mol. The first-order valence-electron chi connectivity index (χ1n) is 9.74. The number of rotatable bonds is 9. The van der Waals surface area contributed by atoms with Gasteiger partial charge in [0.05, 0.1) is 24.8 Å². The Labute approximate surface area is 196 Å². The van der Waals surface area contributed by atoms with Crippen LogP contribution in [0.1, 0.15) is 11.1 Å². The van der Waals surface area contributed by atoms with Gasteiger partial charge in [-0.3, -0.25) is 4.79 Å². The van der Waals surface area contributed by atoms with Gasteiger partial charge in [-0.05, 0) is 59.7 Å². The van der Waals surface area contributed by atoms with E-state index in [1.165, 1.54) is 61.9 Å². The molecule has 0 saturated carbocycles. The standard InChI is InChI=1S/C23H21ClFN3O4S/c1-32-21-4-2-3-18(13-21)14-26-27-23(29)16-28(15-17-5-9-20(25)10-6-17)33(30,31)22-11-7-19(24)8-12-22/h2-14H,15-16H2,1H3,(H,27,29)/b26-14-. The number of hydrazone groups is 1. The summed E-state index contributed by atoms with van der Waals surface area (Å²) in [6, 6.07) is 18.0. The summed E-state index contributed by atoms with van der Waals surface area (Å²) in [5.74, 6) is -0.464. The first-order valence-corrected chi connectivity index (χ1v) is 11.6.